The highest BCUT2D eigenvalue weighted by Crippen LogP contribution is 2.36. The summed E-state index contributed by atoms with van der Waals surface area (Å²) < 4.78 is 17.6. The number of benzene rings is 1. The number of methoxy groups -OCH3 is 1. The highest BCUT2D eigenvalue weighted by Gasteiger charge is 2.16. The van der Waals surface area contributed by atoms with E-state index in [1.54, 1.807) is 0 Å². The molecule has 0 amide bonds. The van der Waals surface area contributed by atoms with Gasteiger partial charge in [-0.25, -0.2) is 4.39 Å². The molecule has 1 aromatic carbocycles. The maximum Gasteiger partial charge on any atom is 0.198 e. The van der Waals surface area contributed by atoms with E-state index in [0.717, 1.165) is 6.07 Å². The molecule has 0 aromatic heterocycles. The molecule has 5 heteroatoms. The molecule has 0 aliphatic heterocycles. The van der Waals surface area contributed by atoms with E-state index in [1.165, 1.54) is 7.11 Å². The summed E-state index contributed by atoms with van der Waals surface area (Å²) in [6.45, 7) is 0. The fraction of sp³-hybridized carbons (Fsp3) is 0.125. The lowest BCUT2D eigenvalue weighted by Crippen LogP contribution is -1.93. The Morgan fingerprint density at radius 3 is 2.77 bits per heavy atom. The molecule has 0 saturated carbocycles. The molecular weight excluding hydrogens is 199 g/mol. The Hall–Kier alpha value is -1.29. The van der Waals surface area contributed by atoms with E-state index < -0.39 is 17.3 Å². The smallest absolute Gasteiger partial charge is 0.198 e. The molecule has 0 aliphatic rings. The number of phenolic OH excluding ortho intramolecular Hbond substituents is 1. The van der Waals surface area contributed by atoms with Crippen molar-refractivity contribution in [3.8, 4) is 11.5 Å². The molecule has 3 nitrogen and oxygen atoms in total. The molecule has 70 valence electrons. The third kappa shape index (κ3) is 1.58. The number of aromatic hydroxyl groups is 1. The largest absolute Gasteiger partial charge is 0.504 e. The maximum atomic E-state index is 13.0. The van der Waals surface area contributed by atoms with Crippen LogP contribution in [0.4, 0.5) is 4.39 Å². The van der Waals surface area contributed by atoms with Gasteiger partial charge in [0, 0.05) is 0 Å². The Balaban J connectivity index is 3.47. The van der Waals surface area contributed by atoms with Gasteiger partial charge in [0.25, 0.3) is 0 Å². The quantitative estimate of drug-likeness (QED) is 0.750. The van der Waals surface area contributed by atoms with Crippen molar-refractivity contribution in [2.75, 3.05) is 7.11 Å². The van der Waals surface area contributed by atoms with Crippen LogP contribution in [0.2, 0.25) is 5.02 Å². The highest BCUT2D eigenvalue weighted by molar-refractivity contribution is 6.31. The Labute approximate surface area is 78.7 Å². The summed E-state index contributed by atoms with van der Waals surface area (Å²) in [4.78, 5) is 10.4. The third-order valence-electron chi connectivity index (χ3n) is 1.51. The summed E-state index contributed by atoms with van der Waals surface area (Å²) in [5.74, 6) is -1.85. The summed E-state index contributed by atoms with van der Waals surface area (Å²) in [5, 5.41) is 8.97. The summed E-state index contributed by atoms with van der Waals surface area (Å²) >= 11 is 5.42. The molecule has 13 heavy (non-hydrogen) atoms. The molecule has 0 aliphatic carbocycles. The number of aldehydes is 1. The lowest BCUT2D eigenvalue weighted by molar-refractivity contribution is 0.112. The van der Waals surface area contributed by atoms with Gasteiger partial charge in [-0.15, -0.1) is 0 Å². The second kappa shape index (κ2) is 3.62. The number of halogens is 2. The van der Waals surface area contributed by atoms with E-state index in [4.69, 9.17) is 11.6 Å². The second-order valence-corrected chi connectivity index (χ2v) is 2.67. The van der Waals surface area contributed by atoms with Crippen LogP contribution >= 0.6 is 11.6 Å². The van der Waals surface area contributed by atoms with Crippen molar-refractivity contribution in [1.29, 1.82) is 0 Å². The standard InChI is InChI=1S/C8H6ClFO3/c1-13-8-6(10)5(9)2-4(3-11)7(8)12/h2-3,12H,1H3. The molecular formula is C8H6ClFO3. The number of rotatable bonds is 2. The average Bonchev–Trinajstić information content (AvgIpc) is 2.12. The van der Waals surface area contributed by atoms with Crippen molar-refractivity contribution in [3.05, 3.63) is 22.5 Å². The first-order valence-corrected chi connectivity index (χ1v) is 3.69. The number of carbonyl (C=O) groups excluding carboxylic acids is 1. The van der Waals surface area contributed by atoms with Crippen LogP contribution in [0.1, 0.15) is 10.4 Å². The van der Waals surface area contributed by atoms with E-state index in [9.17, 15) is 14.3 Å². The zero-order valence-electron chi connectivity index (χ0n) is 6.67. The monoisotopic (exact) mass is 204 g/mol. The van der Waals surface area contributed by atoms with Gasteiger partial charge >= 0.3 is 0 Å². The fourth-order valence-corrected chi connectivity index (χ4v) is 1.09. The number of ether oxygens (including phenoxy) is 1. The SMILES string of the molecule is COc1c(O)c(C=O)cc(Cl)c1F. The first-order valence-electron chi connectivity index (χ1n) is 3.32. The van der Waals surface area contributed by atoms with E-state index in [-0.39, 0.29) is 10.6 Å². The molecule has 0 spiro atoms. The van der Waals surface area contributed by atoms with Gasteiger partial charge in [0.15, 0.2) is 23.6 Å². The lowest BCUT2D eigenvalue weighted by atomic mass is 10.2. The summed E-state index contributed by atoms with van der Waals surface area (Å²) in [7, 11) is 1.17. The van der Waals surface area contributed by atoms with E-state index in [1.807, 2.05) is 0 Å². The topological polar surface area (TPSA) is 46.5 Å². The van der Waals surface area contributed by atoms with Crippen LogP contribution in [0.25, 0.3) is 0 Å². The molecule has 0 bridgehead atoms. The van der Waals surface area contributed by atoms with Gasteiger partial charge < -0.3 is 9.84 Å². The number of phenols is 1. The molecule has 1 N–H and O–H groups in total. The van der Waals surface area contributed by atoms with Crippen molar-refractivity contribution in [1.82, 2.24) is 0 Å². The minimum Gasteiger partial charge on any atom is -0.504 e. The van der Waals surface area contributed by atoms with Crippen LogP contribution in [-0.4, -0.2) is 18.5 Å². The number of carbonyl (C=O) groups is 1. The third-order valence-corrected chi connectivity index (χ3v) is 1.79. The first kappa shape index (κ1) is 9.80. The van der Waals surface area contributed by atoms with Gasteiger partial charge in [-0.05, 0) is 6.07 Å². The van der Waals surface area contributed by atoms with Crippen LogP contribution < -0.4 is 4.74 Å². The van der Waals surface area contributed by atoms with E-state index >= 15 is 0 Å². The van der Waals surface area contributed by atoms with Crippen LogP contribution in [-0.2, 0) is 0 Å². The molecule has 0 atom stereocenters. The normalized spacial score (nSPS) is 9.77. The van der Waals surface area contributed by atoms with E-state index in [0.29, 0.717) is 6.29 Å². The summed E-state index contributed by atoms with van der Waals surface area (Å²) in [5.41, 5.74) is -0.108. The highest BCUT2D eigenvalue weighted by atomic mass is 35.5. The Morgan fingerprint density at radius 2 is 2.31 bits per heavy atom. The maximum absolute atomic E-state index is 13.0. The second-order valence-electron chi connectivity index (χ2n) is 2.26. The molecule has 1 aromatic rings. The fourth-order valence-electron chi connectivity index (χ4n) is 0.888. The van der Waals surface area contributed by atoms with Gasteiger partial charge in [-0.2, -0.15) is 0 Å². The van der Waals surface area contributed by atoms with E-state index in [2.05, 4.69) is 4.74 Å². The van der Waals surface area contributed by atoms with Crippen LogP contribution in [0, 0.1) is 5.82 Å². The summed E-state index contributed by atoms with van der Waals surface area (Å²) in [6, 6.07) is 1.03. The molecule has 0 fully saturated rings. The van der Waals surface area contributed by atoms with Crippen LogP contribution in [0.3, 0.4) is 0 Å². The molecule has 1 rings (SSSR count). The van der Waals surface area contributed by atoms with Crippen molar-refractivity contribution >= 4 is 17.9 Å². The minimum atomic E-state index is -0.882. The predicted octanol–water partition coefficient (Wildman–Crippen LogP) is 2.01. The van der Waals surface area contributed by atoms with Gasteiger partial charge in [0.1, 0.15) is 0 Å². The zero-order chi connectivity index (χ0) is 10.0. The number of hydrogen-bond acceptors (Lipinski definition) is 3. The lowest BCUT2D eigenvalue weighted by Gasteiger charge is -2.07. The zero-order valence-corrected chi connectivity index (χ0v) is 7.43. The minimum absolute atomic E-state index is 0.108. The van der Waals surface area contributed by atoms with Gasteiger partial charge in [-0.3, -0.25) is 4.79 Å². The molecule has 0 unspecified atom stereocenters. The van der Waals surface area contributed by atoms with Crippen molar-refractivity contribution in [2.45, 2.75) is 0 Å². The van der Waals surface area contributed by atoms with Crippen molar-refractivity contribution in [3.63, 3.8) is 0 Å². The van der Waals surface area contributed by atoms with Crippen molar-refractivity contribution in [2.24, 2.45) is 0 Å². The van der Waals surface area contributed by atoms with Crippen LogP contribution in [0.15, 0.2) is 6.07 Å². The van der Waals surface area contributed by atoms with Gasteiger partial charge in [0.2, 0.25) is 0 Å². The molecule has 0 radical (unpaired) electrons. The molecule has 0 heterocycles. The first-order chi connectivity index (χ1) is 6.11. The van der Waals surface area contributed by atoms with Crippen LogP contribution in [0.5, 0.6) is 11.5 Å². The Bertz CT molecular complexity index is 352. The Morgan fingerprint density at radius 1 is 1.69 bits per heavy atom. The Kier molecular flexibility index (Phi) is 2.72. The van der Waals surface area contributed by atoms with Gasteiger partial charge in [-0.1, -0.05) is 11.6 Å². The number of hydrogen-bond donors (Lipinski definition) is 1. The van der Waals surface area contributed by atoms with Crippen molar-refractivity contribution < 1.29 is 19.0 Å². The average molecular weight is 205 g/mol. The molecule has 0 saturated heterocycles. The predicted molar refractivity (Wildman–Crippen MR) is 45.0 cm³/mol. The summed E-state index contributed by atoms with van der Waals surface area (Å²) in [6.07, 6.45) is 0.364. The van der Waals surface area contributed by atoms with Gasteiger partial charge in [0.05, 0.1) is 17.7 Å².